The van der Waals surface area contributed by atoms with Crippen LogP contribution in [0.25, 0.3) is 0 Å². The molecule has 0 bridgehead atoms. The third kappa shape index (κ3) is 4.29. The van der Waals surface area contributed by atoms with Crippen molar-refractivity contribution in [3.8, 4) is 0 Å². The Balaban J connectivity index is 1.41. The highest BCUT2D eigenvalue weighted by Crippen LogP contribution is 2.38. The molecule has 0 aromatic heterocycles. The minimum Gasteiger partial charge on any atom is -0.317 e. The van der Waals surface area contributed by atoms with E-state index in [1.165, 1.54) is 22.3 Å². The highest BCUT2D eigenvalue weighted by molar-refractivity contribution is 7.90. The zero-order valence-electron chi connectivity index (χ0n) is 15.8. The second-order valence-corrected chi connectivity index (χ2v) is 9.93. The molecular weight excluding hydrogens is 362 g/mol. The molecule has 1 aromatic rings. The van der Waals surface area contributed by atoms with Gasteiger partial charge < -0.3 is 10.6 Å². The number of hydrogen-bond donors (Lipinski definition) is 3. The van der Waals surface area contributed by atoms with Crippen LogP contribution in [0.4, 0.5) is 10.5 Å². The number of fused-ring (bicyclic) bond motifs is 2. The third-order valence-electron chi connectivity index (χ3n) is 6.21. The smallest absolute Gasteiger partial charge is 0.317 e. The third-order valence-corrected chi connectivity index (χ3v) is 7.48. The Morgan fingerprint density at radius 3 is 2.30 bits per heavy atom. The van der Waals surface area contributed by atoms with Crippen molar-refractivity contribution < 1.29 is 13.2 Å². The first-order valence-corrected chi connectivity index (χ1v) is 11.9. The van der Waals surface area contributed by atoms with E-state index in [-0.39, 0.29) is 5.75 Å². The molecule has 1 fully saturated rings. The van der Waals surface area contributed by atoms with Crippen molar-refractivity contribution in [2.24, 2.45) is 5.92 Å². The van der Waals surface area contributed by atoms with Crippen LogP contribution in [0.5, 0.6) is 0 Å². The van der Waals surface area contributed by atoms with Crippen LogP contribution < -0.4 is 15.4 Å². The fourth-order valence-electron chi connectivity index (χ4n) is 4.79. The number of carbonyl (C=O) groups excluding carboxylic acids is 1. The number of anilines is 1. The highest BCUT2D eigenvalue weighted by atomic mass is 32.2. The lowest BCUT2D eigenvalue weighted by Gasteiger charge is -2.22. The van der Waals surface area contributed by atoms with Gasteiger partial charge in [0, 0.05) is 5.69 Å². The monoisotopic (exact) mass is 391 g/mol. The second kappa shape index (κ2) is 7.80. The predicted octanol–water partition coefficient (Wildman–Crippen LogP) is 2.51. The molecule has 148 valence electrons. The van der Waals surface area contributed by atoms with Crippen LogP contribution >= 0.6 is 0 Å². The molecule has 3 N–H and O–H groups in total. The molecule has 2 aliphatic carbocycles. The fourth-order valence-corrected chi connectivity index (χ4v) is 5.87. The Labute approximate surface area is 161 Å². The molecule has 1 heterocycles. The van der Waals surface area contributed by atoms with Gasteiger partial charge >= 0.3 is 6.03 Å². The van der Waals surface area contributed by atoms with Crippen LogP contribution in [0.1, 0.15) is 54.4 Å². The summed E-state index contributed by atoms with van der Waals surface area (Å²) in [4.78, 5) is 12.5. The van der Waals surface area contributed by atoms with Gasteiger partial charge in [0.2, 0.25) is 10.0 Å². The molecule has 27 heavy (non-hydrogen) atoms. The maximum absolute atomic E-state index is 12.5. The molecule has 0 atom stereocenters. The average molecular weight is 392 g/mol. The number of urea groups is 1. The SMILES string of the molecule is O=C(Nc1c2c(cc3c1CCC3)CCC2)NS(=O)(=O)CCC1CCNCC1. The summed E-state index contributed by atoms with van der Waals surface area (Å²) in [7, 11) is -3.61. The normalized spacial score (nSPS) is 19.6. The highest BCUT2D eigenvalue weighted by Gasteiger charge is 2.26. The summed E-state index contributed by atoms with van der Waals surface area (Å²) in [5.41, 5.74) is 5.93. The van der Waals surface area contributed by atoms with Gasteiger partial charge in [-0.1, -0.05) is 6.07 Å². The van der Waals surface area contributed by atoms with Gasteiger partial charge in [-0.3, -0.25) is 0 Å². The number of benzene rings is 1. The standard InChI is InChI=1S/C20H29N3O3S/c24-20(23-27(25,26)12-9-14-7-10-21-11-8-14)22-19-17-5-1-3-15(17)13-16-4-2-6-18(16)19/h13-14,21H,1-12H2,(H2,22,23,24). The van der Waals surface area contributed by atoms with E-state index in [1.807, 2.05) is 0 Å². The number of rotatable bonds is 5. The molecule has 4 rings (SSSR count). The van der Waals surface area contributed by atoms with E-state index in [1.54, 1.807) is 0 Å². The van der Waals surface area contributed by atoms with Gasteiger partial charge in [-0.25, -0.2) is 17.9 Å². The molecule has 3 aliphatic rings. The lowest BCUT2D eigenvalue weighted by molar-refractivity contribution is 0.256. The van der Waals surface area contributed by atoms with Crippen molar-refractivity contribution in [2.75, 3.05) is 24.2 Å². The first-order chi connectivity index (χ1) is 13.0. The zero-order valence-corrected chi connectivity index (χ0v) is 16.6. The van der Waals surface area contributed by atoms with E-state index in [0.717, 1.165) is 70.1 Å². The Morgan fingerprint density at radius 1 is 1.04 bits per heavy atom. The minimum absolute atomic E-state index is 0.0100. The largest absolute Gasteiger partial charge is 0.332 e. The molecule has 0 unspecified atom stereocenters. The fraction of sp³-hybridized carbons (Fsp3) is 0.650. The molecule has 0 spiro atoms. The van der Waals surface area contributed by atoms with E-state index >= 15 is 0 Å². The van der Waals surface area contributed by atoms with E-state index in [2.05, 4.69) is 21.4 Å². The van der Waals surface area contributed by atoms with Crippen LogP contribution in [0.15, 0.2) is 6.07 Å². The number of amides is 2. The Kier molecular flexibility index (Phi) is 5.41. The first kappa shape index (κ1) is 18.7. The summed E-state index contributed by atoms with van der Waals surface area (Å²) in [6, 6.07) is 1.68. The summed E-state index contributed by atoms with van der Waals surface area (Å²) in [6.45, 7) is 1.89. The van der Waals surface area contributed by atoms with Gasteiger partial charge in [-0.05, 0) is 99.0 Å². The van der Waals surface area contributed by atoms with E-state index < -0.39 is 16.1 Å². The summed E-state index contributed by atoms with van der Waals surface area (Å²) < 4.78 is 26.9. The lowest BCUT2D eigenvalue weighted by atomic mass is 9.96. The number of hydrogen-bond acceptors (Lipinski definition) is 4. The molecule has 2 amide bonds. The first-order valence-electron chi connectivity index (χ1n) is 10.2. The van der Waals surface area contributed by atoms with Crippen LogP contribution in [0.3, 0.4) is 0 Å². The number of sulfonamides is 1. The molecular formula is C20H29N3O3S. The van der Waals surface area contributed by atoms with Crippen LogP contribution in [0.2, 0.25) is 0 Å². The molecule has 6 nitrogen and oxygen atoms in total. The van der Waals surface area contributed by atoms with E-state index in [0.29, 0.717) is 12.3 Å². The zero-order chi connectivity index (χ0) is 18.9. The molecule has 1 aromatic carbocycles. The molecule has 1 saturated heterocycles. The number of aryl methyl sites for hydroxylation is 2. The lowest BCUT2D eigenvalue weighted by Crippen LogP contribution is -2.37. The summed E-state index contributed by atoms with van der Waals surface area (Å²) in [6.07, 6.45) is 8.84. The van der Waals surface area contributed by atoms with Gasteiger partial charge in [0.25, 0.3) is 0 Å². The van der Waals surface area contributed by atoms with Gasteiger partial charge in [0.15, 0.2) is 0 Å². The molecule has 0 radical (unpaired) electrons. The Bertz CT molecular complexity index is 797. The average Bonchev–Trinajstić information content (AvgIpc) is 3.29. The van der Waals surface area contributed by atoms with Gasteiger partial charge in [0.1, 0.15) is 0 Å². The minimum atomic E-state index is -3.61. The van der Waals surface area contributed by atoms with Crippen LogP contribution in [-0.2, 0) is 35.7 Å². The molecule has 1 aliphatic heterocycles. The van der Waals surface area contributed by atoms with Crippen molar-refractivity contribution in [3.63, 3.8) is 0 Å². The van der Waals surface area contributed by atoms with Crippen molar-refractivity contribution in [1.29, 1.82) is 0 Å². The number of carbonyl (C=O) groups is 1. The summed E-state index contributed by atoms with van der Waals surface area (Å²) >= 11 is 0. The Morgan fingerprint density at radius 2 is 1.67 bits per heavy atom. The quantitative estimate of drug-likeness (QED) is 0.720. The van der Waals surface area contributed by atoms with E-state index in [4.69, 9.17) is 0 Å². The predicted molar refractivity (Wildman–Crippen MR) is 107 cm³/mol. The summed E-state index contributed by atoms with van der Waals surface area (Å²) in [5, 5.41) is 6.18. The van der Waals surface area contributed by atoms with Crippen molar-refractivity contribution >= 4 is 21.7 Å². The van der Waals surface area contributed by atoms with Gasteiger partial charge in [-0.15, -0.1) is 0 Å². The van der Waals surface area contributed by atoms with Gasteiger partial charge in [0.05, 0.1) is 5.75 Å². The van der Waals surface area contributed by atoms with Crippen molar-refractivity contribution in [2.45, 2.75) is 57.8 Å². The molecule has 7 heteroatoms. The summed E-state index contributed by atoms with van der Waals surface area (Å²) in [5.74, 6) is 0.433. The Hall–Kier alpha value is -1.60. The second-order valence-electron chi connectivity index (χ2n) is 8.09. The molecule has 0 saturated carbocycles. The number of nitrogens with one attached hydrogen (secondary N) is 3. The maximum atomic E-state index is 12.5. The van der Waals surface area contributed by atoms with E-state index in [9.17, 15) is 13.2 Å². The topological polar surface area (TPSA) is 87.3 Å². The number of piperidine rings is 1. The van der Waals surface area contributed by atoms with Crippen LogP contribution in [-0.4, -0.2) is 33.3 Å². The van der Waals surface area contributed by atoms with Crippen molar-refractivity contribution in [1.82, 2.24) is 10.0 Å². The van der Waals surface area contributed by atoms with Crippen LogP contribution in [0, 0.1) is 5.92 Å². The van der Waals surface area contributed by atoms with Gasteiger partial charge in [-0.2, -0.15) is 0 Å². The maximum Gasteiger partial charge on any atom is 0.332 e. The van der Waals surface area contributed by atoms with Crippen molar-refractivity contribution in [3.05, 3.63) is 28.3 Å².